The normalized spacial score (nSPS) is 26.3. The maximum Gasteiger partial charge on any atom is 0.0931 e. The first kappa shape index (κ1) is 9.58. The zero-order chi connectivity index (χ0) is 8.81. The molecular weight excluding hydrogens is 151 g/mol. The van der Waals surface area contributed by atoms with Crippen LogP contribution in [-0.4, -0.2) is 6.67 Å². The van der Waals surface area contributed by atoms with E-state index in [2.05, 4.69) is 11.8 Å². The summed E-state index contributed by atoms with van der Waals surface area (Å²) in [5, 5.41) is 0. The van der Waals surface area contributed by atoms with Crippen LogP contribution in [0.15, 0.2) is 0 Å². The predicted octanol–water partition coefficient (Wildman–Crippen LogP) is 3.18. The molecule has 0 N–H and O–H groups in total. The van der Waals surface area contributed by atoms with Gasteiger partial charge in [0.05, 0.1) is 6.67 Å². The van der Waals surface area contributed by atoms with Gasteiger partial charge in [0.15, 0.2) is 0 Å². The summed E-state index contributed by atoms with van der Waals surface area (Å²) < 4.78 is 12.3. The molecular formula is C11H17F. The second-order valence-corrected chi connectivity index (χ2v) is 3.66. The van der Waals surface area contributed by atoms with Gasteiger partial charge in [0, 0.05) is 12.3 Å². The van der Waals surface area contributed by atoms with Gasteiger partial charge in [-0.15, -0.1) is 5.92 Å². The average Bonchev–Trinajstić information content (AvgIpc) is 2.02. The Balaban J connectivity index is 2.48. The maximum absolute atomic E-state index is 12.3. The Kier molecular flexibility index (Phi) is 4.14. The molecule has 1 rings (SSSR count). The minimum Gasteiger partial charge on any atom is -0.251 e. The molecule has 0 bridgehead atoms. The van der Waals surface area contributed by atoms with Crippen molar-refractivity contribution >= 4 is 0 Å². The second-order valence-electron chi connectivity index (χ2n) is 3.66. The molecule has 0 amide bonds. The van der Waals surface area contributed by atoms with Gasteiger partial charge in [-0.3, -0.25) is 4.39 Å². The summed E-state index contributed by atoms with van der Waals surface area (Å²) in [5.74, 6) is 6.77. The van der Waals surface area contributed by atoms with E-state index in [1.54, 1.807) is 0 Å². The Morgan fingerprint density at radius 1 is 1.42 bits per heavy atom. The molecule has 1 heteroatoms. The topological polar surface area (TPSA) is 0 Å². The third-order valence-electron chi connectivity index (χ3n) is 2.53. The lowest BCUT2D eigenvalue weighted by Gasteiger charge is -2.16. The standard InChI is InChI=1S/C11H17F/c1-10(9-12)11-7-5-3-2-4-6-8-11/h10-11H,2-5,7,9H2,1H3. The van der Waals surface area contributed by atoms with Gasteiger partial charge in [0.25, 0.3) is 0 Å². The molecule has 0 heterocycles. The van der Waals surface area contributed by atoms with Crippen LogP contribution in [0.2, 0.25) is 0 Å². The van der Waals surface area contributed by atoms with Crippen molar-refractivity contribution in [2.24, 2.45) is 11.8 Å². The fourth-order valence-corrected chi connectivity index (χ4v) is 1.56. The van der Waals surface area contributed by atoms with Crippen LogP contribution in [0.3, 0.4) is 0 Å². The van der Waals surface area contributed by atoms with E-state index in [0.29, 0.717) is 5.92 Å². The van der Waals surface area contributed by atoms with Gasteiger partial charge in [-0.1, -0.05) is 25.7 Å². The van der Waals surface area contributed by atoms with Gasteiger partial charge in [0.1, 0.15) is 0 Å². The van der Waals surface area contributed by atoms with Gasteiger partial charge in [-0.05, 0) is 18.8 Å². The molecule has 0 nitrogen and oxygen atoms in total. The molecule has 1 aliphatic carbocycles. The summed E-state index contributed by atoms with van der Waals surface area (Å²) >= 11 is 0. The van der Waals surface area contributed by atoms with E-state index in [-0.39, 0.29) is 12.6 Å². The van der Waals surface area contributed by atoms with Crippen LogP contribution in [0.5, 0.6) is 0 Å². The van der Waals surface area contributed by atoms with E-state index in [0.717, 1.165) is 12.8 Å². The third-order valence-corrected chi connectivity index (χ3v) is 2.53. The van der Waals surface area contributed by atoms with Crippen LogP contribution < -0.4 is 0 Å². The first-order chi connectivity index (χ1) is 5.84. The molecule has 0 aromatic carbocycles. The molecule has 12 heavy (non-hydrogen) atoms. The van der Waals surface area contributed by atoms with Crippen molar-refractivity contribution in [3.63, 3.8) is 0 Å². The van der Waals surface area contributed by atoms with E-state index < -0.39 is 0 Å². The summed E-state index contributed by atoms with van der Waals surface area (Å²) in [6.07, 6.45) is 5.82. The van der Waals surface area contributed by atoms with Crippen LogP contribution in [0.4, 0.5) is 4.39 Å². The van der Waals surface area contributed by atoms with Gasteiger partial charge in [0.2, 0.25) is 0 Å². The summed E-state index contributed by atoms with van der Waals surface area (Å²) in [6.45, 7) is 1.74. The Hall–Kier alpha value is -0.510. The van der Waals surface area contributed by atoms with Gasteiger partial charge in [-0.2, -0.15) is 0 Å². The first-order valence-electron chi connectivity index (χ1n) is 4.89. The molecule has 0 saturated heterocycles. The second kappa shape index (κ2) is 5.19. The summed E-state index contributed by atoms with van der Waals surface area (Å²) in [5.41, 5.74) is 0. The Morgan fingerprint density at radius 3 is 3.00 bits per heavy atom. The highest BCUT2D eigenvalue weighted by atomic mass is 19.1. The number of hydrogen-bond donors (Lipinski definition) is 0. The molecule has 1 aliphatic rings. The minimum atomic E-state index is -0.223. The summed E-state index contributed by atoms with van der Waals surface area (Å²) in [7, 11) is 0. The average molecular weight is 168 g/mol. The highest BCUT2D eigenvalue weighted by Gasteiger charge is 2.14. The lowest BCUT2D eigenvalue weighted by Crippen LogP contribution is -2.12. The van der Waals surface area contributed by atoms with Gasteiger partial charge < -0.3 is 0 Å². The molecule has 0 radical (unpaired) electrons. The Labute approximate surface area is 74.5 Å². The van der Waals surface area contributed by atoms with E-state index >= 15 is 0 Å². The lowest BCUT2D eigenvalue weighted by molar-refractivity contribution is 0.307. The molecule has 68 valence electrons. The molecule has 0 spiro atoms. The van der Waals surface area contributed by atoms with E-state index in [4.69, 9.17) is 0 Å². The largest absolute Gasteiger partial charge is 0.251 e. The summed E-state index contributed by atoms with van der Waals surface area (Å²) in [6, 6.07) is 0. The SMILES string of the molecule is CC(CF)C1C#CCCCCC1. The minimum absolute atomic E-state index is 0.135. The molecule has 2 atom stereocenters. The zero-order valence-corrected chi connectivity index (χ0v) is 7.78. The van der Waals surface area contributed by atoms with E-state index in [1.807, 2.05) is 6.92 Å². The smallest absolute Gasteiger partial charge is 0.0931 e. The van der Waals surface area contributed by atoms with Gasteiger partial charge >= 0.3 is 0 Å². The fraction of sp³-hybridized carbons (Fsp3) is 0.818. The fourth-order valence-electron chi connectivity index (χ4n) is 1.56. The monoisotopic (exact) mass is 168 g/mol. The Morgan fingerprint density at radius 2 is 2.25 bits per heavy atom. The van der Waals surface area contributed by atoms with E-state index in [1.165, 1.54) is 19.3 Å². The van der Waals surface area contributed by atoms with Crippen LogP contribution in [0, 0.1) is 23.7 Å². The van der Waals surface area contributed by atoms with Gasteiger partial charge in [-0.25, -0.2) is 0 Å². The van der Waals surface area contributed by atoms with Crippen molar-refractivity contribution in [2.45, 2.75) is 39.0 Å². The van der Waals surface area contributed by atoms with Crippen LogP contribution >= 0.6 is 0 Å². The van der Waals surface area contributed by atoms with Crippen molar-refractivity contribution in [3.8, 4) is 11.8 Å². The highest BCUT2D eigenvalue weighted by Crippen LogP contribution is 2.20. The number of alkyl halides is 1. The van der Waals surface area contributed by atoms with Crippen molar-refractivity contribution in [3.05, 3.63) is 0 Å². The molecule has 0 saturated carbocycles. The number of rotatable bonds is 2. The van der Waals surface area contributed by atoms with Crippen LogP contribution in [0.25, 0.3) is 0 Å². The molecule has 0 aromatic heterocycles. The lowest BCUT2D eigenvalue weighted by atomic mass is 9.89. The molecule has 0 fully saturated rings. The molecule has 0 aliphatic heterocycles. The number of hydrogen-bond acceptors (Lipinski definition) is 0. The summed E-state index contributed by atoms with van der Waals surface area (Å²) in [4.78, 5) is 0. The van der Waals surface area contributed by atoms with Crippen molar-refractivity contribution < 1.29 is 4.39 Å². The first-order valence-corrected chi connectivity index (χ1v) is 4.89. The number of halogens is 1. The van der Waals surface area contributed by atoms with Crippen molar-refractivity contribution in [1.82, 2.24) is 0 Å². The highest BCUT2D eigenvalue weighted by molar-refractivity contribution is 5.05. The molecule has 0 aromatic rings. The van der Waals surface area contributed by atoms with Crippen LogP contribution in [-0.2, 0) is 0 Å². The van der Waals surface area contributed by atoms with Crippen molar-refractivity contribution in [1.29, 1.82) is 0 Å². The quantitative estimate of drug-likeness (QED) is 0.555. The van der Waals surface area contributed by atoms with Crippen LogP contribution in [0.1, 0.15) is 39.0 Å². The van der Waals surface area contributed by atoms with E-state index in [9.17, 15) is 4.39 Å². The third kappa shape index (κ3) is 2.85. The maximum atomic E-state index is 12.3. The zero-order valence-electron chi connectivity index (χ0n) is 7.78. The Bertz CT molecular complexity index is 175. The predicted molar refractivity (Wildman–Crippen MR) is 49.5 cm³/mol. The molecule has 2 unspecified atom stereocenters. The van der Waals surface area contributed by atoms with Crippen molar-refractivity contribution in [2.75, 3.05) is 6.67 Å².